The van der Waals surface area contributed by atoms with Gasteiger partial charge in [-0.25, -0.2) is 4.79 Å². The molecule has 0 unspecified atom stereocenters. The first-order chi connectivity index (χ1) is 12.7. The highest BCUT2D eigenvalue weighted by Crippen LogP contribution is 2.42. The molecule has 1 saturated heterocycles. The van der Waals surface area contributed by atoms with Crippen molar-refractivity contribution in [1.82, 2.24) is 0 Å². The van der Waals surface area contributed by atoms with Crippen LogP contribution in [0.25, 0.3) is 0 Å². The average molecular weight is 397 g/mol. The Morgan fingerprint density at radius 1 is 1.44 bits per heavy atom. The van der Waals surface area contributed by atoms with Gasteiger partial charge in [-0.05, 0) is 64.8 Å². The predicted molar refractivity (Wildman–Crippen MR) is 105 cm³/mol. The number of aromatic hydroxyl groups is 1. The van der Waals surface area contributed by atoms with Crippen molar-refractivity contribution in [1.29, 1.82) is 0 Å². The number of ether oxygens (including phenoxy) is 3. The van der Waals surface area contributed by atoms with E-state index in [-0.39, 0.29) is 35.5 Å². The van der Waals surface area contributed by atoms with E-state index in [1.54, 1.807) is 19.1 Å². The van der Waals surface area contributed by atoms with Crippen molar-refractivity contribution in [3.8, 4) is 5.75 Å². The fourth-order valence-corrected chi connectivity index (χ4v) is 3.45. The molecule has 0 aliphatic carbocycles. The van der Waals surface area contributed by atoms with Crippen LogP contribution in [0.15, 0.2) is 30.4 Å². The normalized spacial score (nSPS) is 21.6. The summed E-state index contributed by atoms with van der Waals surface area (Å²) in [6.45, 7) is 9.58. The van der Waals surface area contributed by atoms with Crippen molar-refractivity contribution in [3.05, 3.63) is 41.5 Å². The molecule has 1 aliphatic rings. The highest BCUT2D eigenvalue weighted by atomic mass is 35.5. The van der Waals surface area contributed by atoms with E-state index in [2.05, 4.69) is 0 Å². The van der Waals surface area contributed by atoms with Crippen molar-refractivity contribution in [2.45, 2.75) is 65.0 Å². The van der Waals surface area contributed by atoms with Crippen LogP contribution in [-0.2, 0) is 14.2 Å². The number of alkyl halides is 1. The fourth-order valence-electron chi connectivity index (χ4n) is 3.23. The number of rotatable bonds is 9. The van der Waals surface area contributed by atoms with Gasteiger partial charge in [0, 0.05) is 5.92 Å². The lowest BCUT2D eigenvalue weighted by Gasteiger charge is -2.26. The molecule has 2 rings (SSSR count). The maximum Gasteiger partial charge on any atom is 0.338 e. The second kappa shape index (κ2) is 9.09. The monoisotopic (exact) mass is 396 g/mol. The third kappa shape index (κ3) is 5.71. The van der Waals surface area contributed by atoms with Crippen LogP contribution in [0.5, 0.6) is 5.75 Å². The number of halogens is 1. The Hall–Kier alpha value is -1.56. The first-order valence-corrected chi connectivity index (χ1v) is 9.71. The summed E-state index contributed by atoms with van der Waals surface area (Å²) in [7, 11) is 0. The first kappa shape index (κ1) is 21.7. The van der Waals surface area contributed by atoms with Gasteiger partial charge in [0.25, 0.3) is 0 Å². The number of carbonyl (C=O) groups excluding carboxylic acids is 1. The van der Waals surface area contributed by atoms with E-state index in [1.807, 2.05) is 39.8 Å². The predicted octanol–water partition coefficient (Wildman–Crippen LogP) is 4.59. The van der Waals surface area contributed by atoms with Crippen LogP contribution in [0.3, 0.4) is 0 Å². The van der Waals surface area contributed by atoms with E-state index >= 15 is 0 Å². The quantitative estimate of drug-likeness (QED) is 0.286. The first-order valence-electron chi connectivity index (χ1n) is 9.18. The zero-order valence-corrected chi connectivity index (χ0v) is 17.3. The largest absolute Gasteiger partial charge is 0.508 e. The molecule has 1 heterocycles. The minimum Gasteiger partial charge on any atom is -0.508 e. The highest BCUT2D eigenvalue weighted by molar-refractivity contribution is 6.17. The van der Waals surface area contributed by atoms with Crippen LogP contribution >= 0.6 is 11.6 Å². The Labute approximate surface area is 166 Å². The van der Waals surface area contributed by atoms with E-state index in [1.165, 1.54) is 6.07 Å². The van der Waals surface area contributed by atoms with E-state index in [4.69, 9.17) is 25.8 Å². The molecule has 150 valence electrons. The maximum atomic E-state index is 12.7. The maximum absolute atomic E-state index is 12.7. The molecule has 1 fully saturated rings. The van der Waals surface area contributed by atoms with E-state index in [0.717, 1.165) is 0 Å². The summed E-state index contributed by atoms with van der Waals surface area (Å²) in [5.41, 5.74) is 0.683. The van der Waals surface area contributed by atoms with Gasteiger partial charge in [-0.3, -0.25) is 0 Å². The number of esters is 1. The number of aryl methyl sites for hydroxylation is 1. The van der Waals surface area contributed by atoms with Crippen LogP contribution in [0.4, 0.5) is 0 Å². The van der Waals surface area contributed by atoms with Crippen LogP contribution in [0.1, 0.15) is 50.0 Å². The summed E-state index contributed by atoms with van der Waals surface area (Å²) in [6, 6.07) is 4.80. The van der Waals surface area contributed by atoms with Gasteiger partial charge in [0.1, 0.15) is 24.0 Å². The van der Waals surface area contributed by atoms with Crippen LogP contribution in [-0.4, -0.2) is 41.1 Å². The summed E-state index contributed by atoms with van der Waals surface area (Å²) < 4.78 is 17.2. The number of hydrogen-bond acceptors (Lipinski definition) is 5. The van der Waals surface area contributed by atoms with Crippen LogP contribution < -0.4 is 0 Å². The number of hydrogen-bond donors (Lipinski definition) is 1. The molecule has 1 N–H and O–H groups in total. The molecule has 6 heteroatoms. The summed E-state index contributed by atoms with van der Waals surface area (Å²) in [5, 5.41) is 9.68. The van der Waals surface area contributed by atoms with Crippen LogP contribution in [0.2, 0.25) is 0 Å². The minimum atomic E-state index is -0.445. The van der Waals surface area contributed by atoms with E-state index in [0.29, 0.717) is 17.5 Å². The Morgan fingerprint density at radius 3 is 2.63 bits per heavy atom. The van der Waals surface area contributed by atoms with Gasteiger partial charge >= 0.3 is 5.97 Å². The number of carbonyl (C=O) groups is 1. The number of benzene rings is 1. The van der Waals surface area contributed by atoms with Crippen LogP contribution in [0, 0.1) is 12.8 Å². The number of phenolic OH excluding ortho intramolecular Hbond substituents is 1. The molecule has 0 aromatic heterocycles. The molecule has 0 spiro atoms. The standard InChI is InChI=1S/C21H29ClO5/c1-6-7-15(11-14(3)25-12-22)18(19-21(4,5)27-19)26-20(24)16-8-9-17(23)13(2)10-16/h6-10,14-15,18-19,23H,11-12H2,1-5H3/b7-6-/t14-,15-,18+,19+/m1/s1. The molecule has 1 aromatic carbocycles. The summed E-state index contributed by atoms with van der Waals surface area (Å²) >= 11 is 5.68. The molecule has 4 atom stereocenters. The van der Waals surface area contributed by atoms with Gasteiger partial charge in [0.2, 0.25) is 0 Å². The molecule has 0 amide bonds. The summed E-state index contributed by atoms with van der Waals surface area (Å²) in [4.78, 5) is 12.7. The molecule has 1 aliphatic heterocycles. The lowest BCUT2D eigenvalue weighted by Crippen LogP contribution is -2.35. The van der Waals surface area contributed by atoms with Crippen molar-refractivity contribution < 1.29 is 24.1 Å². The van der Waals surface area contributed by atoms with Crippen molar-refractivity contribution in [2.24, 2.45) is 5.92 Å². The van der Waals surface area contributed by atoms with Crippen molar-refractivity contribution >= 4 is 17.6 Å². The smallest absolute Gasteiger partial charge is 0.338 e. The van der Waals surface area contributed by atoms with E-state index in [9.17, 15) is 9.90 Å². The number of phenols is 1. The topological polar surface area (TPSA) is 68.3 Å². The van der Waals surface area contributed by atoms with E-state index < -0.39 is 12.1 Å². The molecule has 1 aromatic rings. The second-order valence-electron chi connectivity index (χ2n) is 7.52. The van der Waals surface area contributed by atoms with Crippen molar-refractivity contribution in [3.63, 3.8) is 0 Å². The van der Waals surface area contributed by atoms with Crippen molar-refractivity contribution in [2.75, 3.05) is 6.07 Å². The average Bonchev–Trinajstić information content (AvgIpc) is 3.22. The molecule has 5 nitrogen and oxygen atoms in total. The fraction of sp³-hybridized carbons (Fsp3) is 0.571. The zero-order chi connectivity index (χ0) is 20.2. The molecule has 0 bridgehead atoms. The molecule has 27 heavy (non-hydrogen) atoms. The second-order valence-corrected chi connectivity index (χ2v) is 7.74. The van der Waals surface area contributed by atoms with Gasteiger partial charge in [0.15, 0.2) is 0 Å². The molecular formula is C21H29ClO5. The van der Waals surface area contributed by atoms with Gasteiger partial charge in [-0.15, -0.1) is 0 Å². The summed E-state index contributed by atoms with van der Waals surface area (Å²) in [6.07, 6.45) is 3.90. The number of epoxide rings is 1. The lowest BCUT2D eigenvalue weighted by molar-refractivity contribution is -0.000990. The van der Waals surface area contributed by atoms with Gasteiger partial charge in [-0.1, -0.05) is 23.8 Å². The molecular weight excluding hydrogens is 368 g/mol. The Morgan fingerprint density at radius 2 is 2.11 bits per heavy atom. The highest BCUT2D eigenvalue weighted by Gasteiger charge is 2.56. The Kier molecular flexibility index (Phi) is 7.32. The summed E-state index contributed by atoms with van der Waals surface area (Å²) in [5.74, 6) is -0.356. The molecule has 0 radical (unpaired) electrons. The Balaban J connectivity index is 2.22. The van der Waals surface area contributed by atoms with Gasteiger partial charge in [-0.2, -0.15) is 0 Å². The zero-order valence-electron chi connectivity index (χ0n) is 16.6. The van der Waals surface area contributed by atoms with Gasteiger partial charge < -0.3 is 19.3 Å². The SMILES string of the molecule is C/C=C\[C@H](C[C@@H](C)OCCl)[C@H](OC(=O)c1ccc(O)c(C)c1)[C@@H]1OC1(C)C. The number of allylic oxidation sites excluding steroid dienone is 1. The minimum absolute atomic E-state index is 0.0675. The third-order valence-electron chi connectivity index (χ3n) is 4.85. The third-order valence-corrected chi connectivity index (χ3v) is 4.97. The lowest BCUT2D eigenvalue weighted by atomic mass is 9.89. The van der Waals surface area contributed by atoms with Gasteiger partial charge in [0.05, 0.1) is 17.3 Å². The Bertz CT molecular complexity index is 685. The molecule has 0 saturated carbocycles.